The maximum Gasteiger partial charge on any atom is 0.189 e. The van der Waals surface area contributed by atoms with E-state index in [4.69, 9.17) is 5.73 Å². The Balaban J connectivity index is 1.48. The van der Waals surface area contributed by atoms with Crippen LogP contribution in [0.1, 0.15) is 0 Å². The van der Waals surface area contributed by atoms with Crippen LogP contribution in [0.2, 0.25) is 0 Å². The minimum atomic E-state index is 0.419. The van der Waals surface area contributed by atoms with Gasteiger partial charge < -0.3 is 16.4 Å². The van der Waals surface area contributed by atoms with Crippen LogP contribution < -0.4 is 16.4 Å². The summed E-state index contributed by atoms with van der Waals surface area (Å²) < 4.78 is 1.10. The highest BCUT2D eigenvalue weighted by molar-refractivity contribution is 7.22. The summed E-state index contributed by atoms with van der Waals surface area (Å²) in [6, 6.07) is 17.7. The molecule has 0 unspecified atom stereocenters. The van der Waals surface area contributed by atoms with E-state index in [1.165, 1.54) is 6.33 Å². The van der Waals surface area contributed by atoms with Gasteiger partial charge in [-0.25, -0.2) is 15.0 Å². The van der Waals surface area contributed by atoms with Crippen molar-refractivity contribution in [2.45, 2.75) is 0 Å². The molecule has 3 heterocycles. The van der Waals surface area contributed by atoms with Gasteiger partial charge in [0.2, 0.25) is 0 Å². The number of fused-ring (bicyclic) bond motifs is 2. The van der Waals surface area contributed by atoms with E-state index in [1.807, 2.05) is 54.6 Å². The third-order valence-corrected chi connectivity index (χ3v) is 5.25. The number of pyridine rings is 1. The Morgan fingerprint density at radius 1 is 0.786 bits per heavy atom. The van der Waals surface area contributed by atoms with Gasteiger partial charge in [0.25, 0.3) is 0 Å². The van der Waals surface area contributed by atoms with E-state index in [1.54, 1.807) is 17.5 Å². The quantitative estimate of drug-likeness (QED) is 0.412. The highest BCUT2D eigenvalue weighted by Gasteiger charge is 2.12. The molecule has 5 aromatic rings. The number of nitrogen functional groups attached to an aromatic ring is 1. The molecule has 2 aromatic carbocycles. The molecule has 7 nitrogen and oxygen atoms in total. The molecular weight excluding hydrogens is 370 g/mol. The third kappa shape index (κ3) is 2.95. The second-order valence-corrected chi connectivity index (χ2v) is 7.13. The van der Waals surface area contributed by atoms with Crippen LogP contribution >= 0.6 is 11.3 Å². The number of anilines is 5. The first-order valence-corrected chi connectivity index (χ1v) is 9.43. The molecule has 0 aliphatic carbocycles. The molecule has 0 amide bonds. The summed E-state index contributed by atoms with van der Waals surface area (Å²) >= 11 is 1.55. The lowest BCUT2D eigenvalue weighted by atomic mass is 10.2. The molecule has 0 fully saturated rings. The zero-order valence-electron chi connectivity index (χ0n) is 14.6. The van der Waals surface area contributed by atoms with Crippen molar-refractivity contribution in [1.82, 2.24) is 19.9 Å². The molecule has 0 aliphatic heterocycles. The molecule has 0 spiro atoms. The van der Waals surface area contributed by atoms with E-state index in [0.29, 0.717) is 17.3 Å². The highest BCUT2D eigenvalue weighted by atomic mass is 32.1. The minimum absolute atomic E-state index is 0.419. The summed E-state index contributed by atoms with van der Waals surface area (Å²) in [5.41, 5.74) is 9.46. The van der Waals surface area contributed by atoms with Crippen molar-refractivity contribution in [3.8, 4) is 0 Å². The highest BCUT2D eigenvalue weighted by Crippen LogP contribution is 2.33. The topological polar surface area (TPSA) is 102 Å². The van der Waals surface area contributed by atoms with Crippen LogP contribution in [0.5, 0.6) is 0 Å². The number of rotatable bonds is 4. The first-order chi connectivity index (χ1) is 13.8. The second kappa shape index (κ2) is 6.75. The van der Waals surface area contributed by atoms with Gasteiger partial charge in [0.15, 0.2) is 16.8 Å². The van der Waals surface area contributed by atoms with Crippen molar-refractivity contribution in [1.29, 1.82) is 0 Å². The number of nitrogens with one attached hydrogen (secondary N) is 2. The number of hydrogen-bond acceptors (Lipinski definition) is 8. The molecule has 0 saturated carbocycles. The minimum Gasteiger partial charge on any atom is -0.393 e. The predicted octanol–water partition coefficient (Wildman–Crippen LogP) is 4.70. The largest absolute Gasteiger partial charge is 0.393 e. The summed E-state index contributed by atoms with van der Waals surface area (Å²) in [6.07, 6.45) is 3.24. The second-order valence-electron chi connectivity index (χ2n) is 6.10. The Kier molecular flexibility index (Phi) is 3.95. The monoisotopic (exact) mass is 385 g/mol. The van der Waals surface area contributed by atoms with E-state index >= 15 is 0 Å². The fraction of sp³-hybridized carbons (Fsp3) is 0. The van der Waals surface area contributed by atoms with Gasteiger partial charge in [0.1, 0.15) is 12.0 Å². The zero-order valence-corrected chi connectivity index (χ0v) is 15.4. The lowest BCUT2D eigenvalue weighted by Crippen LogP contribution is -2.05. The first-order valence-electron chi connectivity index (χ1n) is 8.62. The summed E-state index contributed by atoms with van der Waals surface area (Å²) in [6.45, 7) is 0. The van der Waals surface area contributed by atoms with Crippen LogP contribution in [0.25, 0.3) is 21.1 Å². The molecular formula is C20H15N7S. The van der Waals surface area contributed by atoms with Gasteiger partial charge in [-0.2, -0.15) is 0 Å². The van der Waals surface area contributed by atoms with E-state index < -0.39 is 0 Å². The maximum atomic E-state index is 6.33. The van der Waals surface area contributed by atoms with Crippen molar-refractivity contribution in [3.05, 3.63) is 67.1 Å². The van der Waals surface area contributed by atoms with Crippen molar-refractivity contribution in [2.75, 3.05) is 16.4 Å². The van der Waals surface area contributed by atoms with Gasteiger partial charge in [-0.05, 0) is 36.4 Å². The average Bonchev–Trinajstić information content (AvgIpc) is 3.14. The number of benzene rings is 2. The number of aromatic nitrogens is 4. The Morgan fingerprint density at radius 2 is 1.61 bits per heavy atom. The van der Waals surface area contributed by atoms with E-state index in [9.17, 15) is 0 Å². The van der Waals surface area contributed by atoms with Gasteiger partial charge in [-0.1, -0.05) is 29.5 Å². The molecule has 4 N–H and O–H groups in total. The van der Waals surface area contributed by atoms with Crippen LogP contribution in [0.4, 0.5) is 28.1 Å². The van der Waals surface area contributed by atoms with Crippen LogP contribution in [-0.2, 0) is 0 Å². The number of nitrogens with zero attached hydrogens (tertiary/aromatic N) is 4. The third-order valence-electron chi connectivity index (χ3n) is 4.30. The van der Waals surface area contributed by atoms with Gasteiger partial charge in [0.05, 0.1) is 15.7 Å². The fourth-order valence-corrected chi connectivity index (χ4v) is 3.83. The summed E-state index contributed by atoms with van der Waals surface area (Å²) in [4.78, 5) is 17.5. The molecule has 3 aromatic heterocycles. The van der Waals surface area contributed by atoms with E-state index in [2.05, 4.69) is 30.6 Å². The van der Waals surface area contributed by atoms with E-state index in [-0.39, 0.29) is 0 Å². The standard InChI is InChI=1S/C20H15N7S/c21-17-18(25-14-8-3-7-13-12(14)5-4-10-22-13)23-11-24-19(17)27-20-26-15-6-1-2-9-16(15)28-20/h1-11H,21H2,(H2,23,24,25,26,27). The van der Waals surface area contributed by atoms with E-state index in [0.717, 1.165) is 31.9 Å². The Labute approximate surface area is 164 Å². The normalized spacial score (nSPS) is 11.0. The first kappa shape index (κ1) is 16.4. The molecule has 0 saturated heterocycles. The van der Waals surface area contributed by atoms with Crippen LogP contribution in [0.15, 0.2) is 67.1 Å². The zero-order chi connectivity index (χ0) is 18.9. The van der Waals surface area contributed by atoms with Gasteiger partial charge in [0, 0.05) is 17.3 Å². The van der Waals surface area contributed by atoms with Gasteiger partial charge >= 0.3 is 0 Å². The number of thiazole rings is 1. The molecule has 8 heteroatoms. The lowest BCUT2D eigenvalue weighted by molar-refractivity contribution is 1.17. The van der Waals surface area contributed by atoms with Crippen LogP contribution in [-0.4, -0.2) is 19.9 Å². The number of nitrogens with two attached hydrogens (primary N) is 1. The summed E-state index contributed by atoms with van der Waals surface area (Å²) in [5, 5.41) is 8.22. The van der Waals surface area contributed by atoms with Crippen molar-refractivity contribution >= 4 is 60.6 Å². The lowest BCUT2D eigenvalue weighted by Gasteiger charge is -2.12. The molecule has 0 aliphatic rings. The Hall–Kier alpha value is -3.78. The Morgan fingerprint density at radius 3 is 2.50 bits per heavy atom. The molecule has 28 heavy (non-hydrogen) atoms. The molecule has 136 valence electrons. The molecule has 5 rings (SSSR count). The van der Waals surface area contributed by atoms with Crippen LogP contribution in [0, 0.1) is 0 Å². The molecule has 0 radical (unpaired) electrons. The summed E-state index contributed by atoms with van der Waals surface area (Å²) in [7, 11) is 0. The summed E-state index contributed by atoms with van der Waals surface area (Å²) in [5.74, 6) is 1.03. The average molecular weight is 385 g/mol. The fourth-order valence-electron chi connectivity index (χ4n) is 2.96. The SMILES string of the molecule is Nc1c(Nc2nc3ccccc3s2)ncnc1Nc1cccc2ncccc12. The van der Waals surface area contributed by atoms with Gasteiger partial charge in [-0.3, -0.25) is 4.98 Å². The van der Waals surface area contributed by atoms with Crippen molar-refractivity contribution in [3.63, 3.8) is 0 Å². The van der Waals surface area contributed by atoms with Crippen molar-refractivity contribution in [2.24, 2.45) is 0 Å². The number of hydrogen-bond donors (Lipinski definition) is 3. The van der Waals surface area contributed by atoms with Crippen LogP contribution in [0.3, 0.4) is 0 Å². The van der Waals surface area contributed by atoms with Crippen molar-refractivity contribution < 1.29 is 0 Å². The molecule has 0 atom stereocenters. The predicted molar refractivity (Wildman–Crippen MR) is 114 cm³/mol. The smallest absolute Gasteiger partial charge is 0.189 e. The maximum absolute atomic E-state index is 6.33. The Bertz CT molecular complexity index is 1260. The van der Waals surface area contributed by atoms with Gasteiger partial charge in [-0.15, -0.1) is 0 Å². The molecule has 0 bridgehead atoms. The number of para-hydroxylation sites is 1.